The van der Waals surface area contributed by atoms with Crippen LogP contribution >= 0.6 is 11.6 Å². The molecule has 5 nitrogen and oxygen atoms in total. The second kappa shape index (κ2) is 5.27. The standard InChI is InChI=1S/C12H12ClFN4O/c1-7-6-18(12(15)17-7)16-5-8-10(19-2)4-3-9(14)11(8)13/h3-6H,1-2H3,(H2,15,17). The number of aromatic nitrogens is 2. The predicted octanol–water partition coefficient (Wildman–Crippen LogP) is 2.46. The van der Waals surface area contributed by atoms with Crippen molar-refractivity contribution >= 4 is 23.8 Å². The van der Waals surface area contributed by atoms with Crippen LogP contribution in [0, 0.1) is 12.7 Å². The van der Waals surface area contributed by atoms with Gasteiger partial charge in [0.05, 0.1) is 35.8 Å². The molecule has 0 saturated heterocycles. The number of halogens is 2. The zero-order valence-electron chi connectivity index (χ0n) is 10.4. The van der Waals surface area contributed by atoms with Crippen molar-refractivity contribution < 1.29 is 9.13 Å². The van der Waals surface area contributed by atoms with Gasteiger partial charge >= 0.3 is 0 Å². The lowest BCUT2D eigenvalue weighted by atomic mass is 10.2. The third kappa shape index (κ3) is 2.68. The van der Waals surface area contributed by atoms with E-state index in [-0.39, 0.29) is 11.0 Å². The molecule has 1 aromatic heterocycles. The maximum atomic E-state index is 13.4. The van der Waals surface area contributed by atoms with Gasteiger partial charge in [0.15, 0.2) is 0 Å². The molecule has 0 aliphatic rings. The van der Waals surface area contributed by atoms with Crippen LogP contribution in [-0.2, 0) is 0 Å². The molecule has 0 aliphatic heterocycles. The number of nitrogens with zero attached hydrogens (tertiary/aromatic N) is 3. The van der Waals surface area contributed by atoms with Crippen molar-refractivity contribution in [1.82, 2.24) is 9.66 Å². The summed E-state index contributed by atoms with van der Waals surface area (Å²) in [5.74, 6) is 0.115. The highest BCUT2D eigenvalue weighted by Gasteiger charge is 2.11. The fraction of sp³-hybridized carbons (Fsp3) is 0.167. The van der Waals surface area contributed by atoms with E-state index in [4.69, 9.17) is 22.1 Å². The first-order chi connectivity index (χ1) is 9.02. The summed E-state index contributed by atoms with van der Waals surface area (Å²) >= 11 is 5.89. The van der Waals surface area contributed by atoms with Crippen LogP contribution in [0.1, 0.15) is 11.3 Å². The molecule has 0 atom stereocenters. The van der Waals surface area contributed by atoms with Crippen molar-refractivity contribution in [3.8, 4) is 5.75 Å². The number of ether oxygens (including phenoxy) is 1. The quantitative estimate of drug-likeness (QED) is 0.880. The van der Waals surface area contributed by atoms with Crippen LogP contribution in [0.4, 0.5) is 10.3 Å². The molecule has 2 aromatic rings. The van der Waals surface area contributed by atoms with Gasteiger partial charge in [-0.05, 0) is 19.1 Å². The molecular weight excluding hydrogens is 271 g/mol. The fourth-order valence-corrected chi connectivity index (χ4v) is 1.77. The lowest BCUT2D eigenvalue weighted by Gasteiger charge is -2.06. The molecule has 100 valence electrons. The predicted molar refractivity (Wildman–Crippen MR) is 72.3 cm³/mol. The van der Waals surface area contributed by atoms with Gasteiger partial charge in [-0.15, -0.1) is 0 Å². The first-order valence-corrected chi connectivity index (χ1v) is 5.78. The molecular formula is C12H12ClFN4O. The van der Waals surface area contributed by atoms with E-state index in [1.54, 1.807) is 13.1 Å². The number of nitrogen functional groups attached to an aromatic ring is 1. The minimum Gasteiger partial charge on any atom is -0.496 e. The van der Waals surface area contributed by atoms with Gasteiger partial charge < -0.3 is 10.5 Å². The van der Waals surface area contributed by atoms with E-state index >= 15 is 0 Å². The number of hydrogen-bond acceptors (Lipinski definition) is 4. The second-order valence-electron chi connectivity index (χ2n) is 3.81. The number of aryl methyl sites for hydroxylation is 1. The normalized spacial score (nSPS) is 11.2. The van der Waals surface area contributed by atoms with Gasteiger partial charge in [0.1, 0.15) is 11.6 Å². The molecule has 0 radical (unpaired) electrons. The Bertz CT molecular complexity index is 639. The highest BCUT2D eigenvalue weighted by Crippen LogP contribution is 2.27. The van der Waals surface area contributed by atoms with Gasteiger partial charge in [0, 0.05) is 0 Å². The van der Waals surface area contributed by atoms with Crippen molar-refractivity contribution in [3.63, 3.8) is 0 Å². The maximum Gasteiger partial charge on any atom is 0.221 e. The number of imidazole rings is 1. The molecule has 0 bridgehead atoms. The molecule has 7 heteroatoms. The van der Waals surface area contributed by atoms with Crippen LogP contribution in [0.15, 0.2) is 23.4 Å². The number of rotatable bonds is 3. The summed E-state index contributed by atoms with van der Waals surface area (Å²) < 4.78 is 19.9. The lowest BCUT2D eigenvalue weighted by Crippen LogP contribution is -1.99. The summed E-state index contributed by atoms with van der Waals surface area (Å²) in [6.07, 6.45) is 3.02. The number of methoxy groups -OCH3 is 1. The van der Waals surface area contributed by atoms with Gasteiger partial charge in [0.2, 0.25) is 5.95 Å². The summed E-state index contributed by atoms with van der Waals surface area (Å²) in [7, 11) is 1.47. The Kier molecular flexibility index (Phi) is 3.71. The molecule has 0 amide bonds. The third-order valence-corrected chi connectivity index (χ3v) is 2.84. The highest BCUT2D eigenvalue weighted by molar-refractivity contribution is 6.33. The minimum absolute atomic E-state index is 0.0569. The van der Waals surface area contributed by atoms with Crippen LogP contribution in [0.2, 0.25) is 5.02 Å². The van der Waals surface area contributed by atoms with E-state index in [1.165, 1.54) is 30.1 Å². The number of anilines is 1. The van der Waals surface area contributed by atoms with Gasteiger partial charge in [-0.2, -0.15) is 5.10 Å². The molecule has 2 rings (SSSR count). The van der Waals surface area contributed by atoms with E-state index < -0.39 is 5.82 Å². The number of benzene rings is 1. The zero-order chi connectivity index (χ0) is 14.0. The van der Waals surface area contributed by atoms with Gasteiger partial charge in [-0.1, -0.05) is 11.6 Å². The van der Waals surface area contributed by atoms with Gasteiger partial charge in [-0.3, -0.25) is 0 Å². The Morgan fingerprint density at radius 3 is 2.84 bits per heavy atom. The average Bonchev–Trinajstić information content (AvgIpc) is 2.69. The molecule has 0 unspecified atom stereocenters. The van der Waals surface area contributed by atoms with Crippen LogP contribution in [-0.4, -0.2) is 23.0 Å². The van der Waals surface area contributed by atoms with E-state index in [0.717, 1.165) is 5.69 Å². The highest BCUT2D eigenvalue weighted by atomic mass is 35.5. The fourth-order valence-electron chi connectivity index (χ4n) is 1.56. The largest absolute Gasteiger partial charge is 0.496 e. The van der Waals surface area contributed by atoms with Crippen LogP contribution in [0.25, 0.3) is 0 Å². The monoisotopic (exact) mass is 282 g/mol. The number of hydrogen-bond donors (Lipinski definition) is 1. The Hall–Kier alpha value is -2.08. The first kappa shape index (κ1) is 13.4. The molecule has 19 heavy (non-hydrogen) atoms. The summed E-state index contributed by atoms with van der Waals surface area (Å²) in [6.45, 7) is 1.79. The number of nitrogens with two attached hydrogens (primary N) is 1. The summed E-state index contributed by atoms with van der Waals surface area (Å²) in [5, 5.41) is 4.02. The minimum atomic E-state index is -0.543. The molecule has 1 heterocycles. The van der Waals surface area contributed by atoms with Crippen molar-refractivity contribution in [1.29, 1.82) is 0 Å². The SMILES string of the molecule is COc1ccc(F)c(Cl)c1C=Nn1cc(C)nc1N. The van der Waals surface area contributed by atoms with Crippen molar-refractivity contribution in [3.05, 3.63) is 40.4 Å². The Labute approximate surface area is 114 Å². The van der Waals surface area contributed by atoms with E-state index in [9.17, 15) is 4.39 Å². The molecule has 1 aromatic carbocycles. The Morgan fingerprint density at radius 2 is 2.26 bits per heavy atom. The molecule has 0 saturated carbocycles. The van der Waals surface area contributed by atoms with E-state index in [2.05, 4.69) is 10.1 Å². The smallest absolute Gasteiger partial charge is 0.221 e. The van der Waals surface area contributed by atoms with Crippen LogP contribution in [0.5, 0.6) is 5.75 Å². The van der Waals surface area contributed by atoms with E-state index in [0.29, 0.717) is 11.3 Å². The second-order valence-corrected chi connectivity index (χ2v) is 4.18. The topological polar surface area (TPSA) is 65.4 Å². The summed E-state index contributed by atoms with van der Waals surface area (Å²) in [4.78, 5) is 3.99. The first-order valence-electron chi connectivity index (χ1n) is 5.40. The van der Waals surface area contributed by atoms with Gasteiger partial charge in [0.25, 0.3) is 0 Å². The average molecular weight is 283 g/mol. The zero-order valence-corrected chi connectivity index (χ0v) is 11.1. The Morgan fingerprint density at radius 1 is 1.53 bits per heavy atom. The summed E-state index contributed by atoms with van der Waals surface area (Å²) in [5.41, 5.74) is 6.72. The Balaban J connectivity index is 2.43. The van der Waals surface area contributed by atoms with Crippen LogP contribution < -0.4 is 10.5 Å². The van der Waals surface area contributed by atoms with Crippen LogP contribution in [0.3, 0.4) is 0 Å². The van der Waals surface area contributed by atoms with Crippen molar-refractivity contribution in [2.45, 2.75) is 6.92 Å². The molecule has 2 N–H and O–H groups in total. The lowest BCUT2D eigenvalue weighted by molar-refractivity contribution is 0.413. The molecule has 0 fully saturated rings. The summed E-state index contributed by atoms with van der Waals surface area (Å²) in [6, 6.07) is 2.71. The van der Waals surface area contributed by atoms with Crippen molar-refractivity contribution in [2.24, 2.45) is 5.10 Å². The van der Waals surface area contributed by atoms with E-state index in [1.807, 2.05) is 0 Å². The third-order valence-electron chi connectivity index (χ3n) is 2.46. The molecule has 0 aliphatic carbocycles. The van der Waals surface area contributed by atoms with Crippen molar-refractivity contribution in [2.75, 3.05) is 12.8 Å². The van der Waals surface area contributed by atoms with Gasteiger partial charge in [-0.25, -0.2) is 14.1 Å². The maximum absolute atomic E-state index is 13.4. The molecule has 0 spiro atoms.